The van der Waals surface area contributed by atoms with E-state index in [1.807, 2.05) is 18.2 Å². The van der Waals surface area contributed by atoms with Crippen molar-refractivity contribution in [3.63, 3.8) is 0 Å². The van der Waals surface area contributed by atoms with Crippen LogP contribution in [-0.4, -0.2) is 57.5 Å². The number of amides is 1. The van der Waals surface area contributed by atoms with Gasteiger partial charge in [-0.3, -0.25) is 4.79 Å². The van der Waals surface area contributed by atoms with Crippen LogP contribution in [0.3, 0.4) is 0 Å². The van der Waals surface area contributed by atoms with Crippen LogP contribution in [-0.2, 0) is 16.0 Å². The van der Waals surface area contributed by atoms with Gasteiger partial charge in [-0.2, -0.15) is 0 Å². The summed E-state index contributed by atoms with van der Waals surface area (Å²) in [6.45, 7) is 4.48. The van der Waals surface area contributed by atoms with E-state index in [1.165, 1.54) is 0 Å². The molecule has 0 spiro atoms. The molecule has 1 amide bonds. The summed E-state index contributed by atoms with van der Waals surface area (Å²) < 4.78 is 15.9. The Morgan fingerprint density at radius 3 is 2.89 bits per heavy atom. The number of rotatable bonds is 8. The van der Waals surface area contributed by atoms with E-state index in [0.717, 1.165) is 24.5 Å². The van der Waals surface area contributed by atoms with E-state index in [9.17, 15) is 4.79 Å². The van der Waals surface area contributed by atoms with E-state index < -0.39 is 0 Å². The number of hydrogen-bond acceptors (Lipinski definition) is 6. The number of morpholine rings is 1. The number of hydrogen-bond donors (Lipinski definition) is 1. The van der Waals surface area contributed by atoms with Crippen LogP contribution in [0, 0.1) is 0 Å². The predicted octanol–water partition coefficient (Wildman–Crippen LogP) is 1.87. The zero-order valence-electron chi connectivity index (χ0n) is 15.5. The van der Waals surface area contributed by atoms with E-state index in [0.29, 0.717) is 44.3 Å². The molecule has 0 radical (unpaired) electrons. The highest BCUT2D eigenvalue weighted by Gasteiger charge is 2.13. The van der Waals surface area contributed by atoms with Gasteiger partial charge in [0.15, 0.2) is 0 Å². The molecule has 1 fully saturated rings. The van der Waals surface area contributed by atoms with Crippen molar-refractivity contribution in [2.24, 2.45) is 0 Å². The van der Waals surface area contributed by atoms with Crippen molar-refractivity contribution in [2.45, 2.75) is 6.54 Å². The Labute approximate surface area is 159 Å². The van der Waals surface area contributed by atoms with Gasteiger partial charge in [0, 0.05) is 38.5 Å². The number of nitrogens with one attached hydrogen (secondary N) is 1. The maximum absolute atomic E-state index is 12.5. The number of aromatic nitrogens is 1. The third-order valence-corrected chi connectivity index (χ3v) is 4.25. The third-order valence-electron chi connectivity index (χ3n) is 4.25. The van der Waals surface area contributed by atoms with Crippen molar-refractivity contribution >= 4 is 11.7 Å². The molecule has 0 aliphatic carbocycles. The smallest absolute Gasteiger partial charge is 0.251 e. The summed E-state index contributed by atoms with van der Waals surface area (Å²) in [5.74, 6) is 1.42. The van der Waals surface area contributed by atoms with Gasteiger partial charge in [0.2, 0.25) is 0 Å². The molecular formula is C20H25N3O4. The van der Waals surface area contributed by atoms with Crippen molar-refractivity contribution < 1.29 is 19.0 Å². The lowest BCUT2D eigenvalue weighted by Gasteiger charge is -2.28. The van der Waals surface area contributed by atoms with Gasteiger partial charge >= 0.3 is 0 Å². The number of anilines is 1. The minimum absolute atomic E-state index is 0.142. The van der Waals surface area contributed by atoms with E-state index in [1.54, 1.807) is 31.5 Å². The summed E-state index contributed by atoms with van der Waals surface area (Å²) in [4.78, 5) is 19.1. The van der Waals surface area contributed by atoms with Gasteiger partial charge < -0.3 is 24.4 Å². The van der Waals surface area contributed by atoms with Crippen molar-refractivity contribution in [2.75, 3.05) is 51.5 Å². The van der Waals surface area contributed by atoms with Crippen LogP contribution in [0.2, 0.25) is 0 Å². The van der Waals surface area contributed by atoms with Gasteiger partial charge in [-0.25, -0.2) is 4.98 Å². The summed E-state index contributed by atoms with van der Waals surface area (Å²) in [5.41, 5.74) is 1.57. The van der Waals surface area contributed by atoms with Crippen LogP contribution in [0.1, 0.15) is 15.9 Å². The molecule has 1 aromatic carbocycles. The van der Waals surface area contributed by atoms with E-state index >= 15 is 0 Å². The fourth-order valence-electron chi connectivity index (χ4n) is 2.79. The standard InChI is InChI=1S/C20H25N3O4/c1-25-11-12-27-18-4-2-3-17(14-18)20(24)22-15-16-5-6-21-19(13-16)23-7-9-26-10-8-23/h2-6,13-14H,7-12,15H2,1H3,(H,22,24). The average Bonchev–Trinajstić information content (AvgIpc) is 2.73. The third kappa shape index (κ3) is 5.67. The highest BCUT2D eigenvalue weighted by molar-refractivity contribution is 5.94. The molecule has 3 rings (SSSR count). The first-order valence-electron chi connectivity index (χ1n) is 9.04. The van der Waals surface area contributed by atoms with Crippen molar-refractivity contribution in [3.8, 4) is 5.75 Å². The minimum atomic E-state index is -0.142. The highest BCUT2D eigenvalue weighted by atomic mass is 16.5. The quantitative estimate of drug-likeness (QED) is 0.715. The van der Waals surface area contributed by atoms with Crippen LogP contribution >= 0.6 is 0 Å². The van der Waals surface area contributed by atoms with Crippen LogP contribution < -0.4 is 15.0 Å². The normalized spacial score (nSPS) is 14.0. The second-order valence-corrected chi connectivity index (χ2v) is 6.17. The molecule has 1 aliphatic rings. The molecule has 27 heavy (non-hydrogen) atoms. The first-order chi connectivity index (χ1) is 13.3. The van der Waals surface area contributed by atoms with E-state index in [2.05, 4.69) is 15.2 Å². The number of ether oxygens (including phenoxy) is 3. The molecule has 0 unspecified atom stereocenters. The molecule has 2 heterocycles. The molecule has 1 saturated heterocycles. The minimum Gasteiger partial charge on any atom is -0.491 e. The lowest BCUT2D eigenvalue weighted by Crippen LogP contribution is -2.36. The molecule has 0 atom stereocenters. The topological polar surface area (TPSA) is 72.9 Å². The molecule has 144 valence electrons. The summed E-state index contributed by atoms with van der Waals surface area (Å²) >= 11 is 0. The Bertz CT molecular complexity index is 748. The lowest BCUT2D eigenvalue weighted by molar-refractivity contribution is 0.0950. The van der Waals surface area contributed by atoms with E-state index in [4.69, 9.17) is 14.2 Å². The molecule has 7 heteroatoms. The molecule has 1 aromatic heterocycles. The molecule has 7 nitrogen and oxygen atoms in total. The van der Waals surface area contributed by atoms with Crippen molar-refractivity contribution in [3.05, 3.63) is 53.7 Å². The zero-order valence-corrected chi connectivity index (χ0v) is 15.5. The maximum atomic E-state index is 12.5. The fraction of sp³-hybridized carbons (Fsp3) is 0.400. The van der Waals surface area contributed by atoms with Gasteiger partial charge in [0.05, 0.1) is 19.8 Å². The number of methoxy groups -OCH3 is 1. The molecule has 2 aromatic rings. The van der Waals surface area contributed by atoms with Crippen LogP contribution in [0.4, 0.5) is 5.82 Å². The number of nitrogens with zero attached hydrogens (tertiary/aromatic N) is 2. The molecule has 0 saturated carbocycles. The van der Waals surface area contributed by atoms with Crippen molar-refractivity contribution in [1.82, 2.24) is 10.3 Å². The Hall–Kier alpha value is -2.64. The number of carbonyl (C=O) groups excluding carboxylic acids is 1. The van der Waals surface area contributed by atoms with Gasteiger partial charge in [-0.1, -0.05) is 6.07 Å². The van der Waals surface area contributed by atoms with Crippen molar-refractivity contribution in [1.29, 1.82) is 0 Å². The Morgan fingerprint density at radius 2 is 2.07 bits per heavy atom. The maximum Gasteiger partial charge on any atom is 0.251 e. The van der Waals surface area contributed by atoms with Gasteiger partial charge in [-0.15, -0.1) is 0 Å². The second kappa shape index (κ2) is 9.89. The molecular weight excluding hydrogens is 346 g/mol. The molecule has 1 aliphatic heterocycles. The first kappa shape index (κ1) is 19.1. The van der Waals surface area contributed by atoms with E-state index in [-0.39, 0.29) is 5.91 Å². The van der Waals surface area contributed by atoms with Gasteiger partial charge in [0.25, 0.3) is 5.91 Å². The molecule has 1 N–H and O–H groups in total. The SMILES string of the molecule is COCCOc1cccc(C(=O)NCc2ccnc(N3CCOCC3)c2)c1. The average molecular weight is 371 g/mol. The Balaban J connectivity index is 1.56. The number of benzene rings is 1. The predicted molar refractivity (Wildman–Crippen MR) is 102 cm³/mol. The summed E-state index contributed by atoms with van der Waals surface area (Å²) in [5, 5.41) is 2.95. The first-order valence-corrected chi connectivity index (χ1v) is 9.04. The highest BCUT2D eigenvalue weighted by Crippen LogP contribution is 2.15. The number of pyridine rings is 1. The lowest BCUT2D eigenvalue weighted by atomic mass is 10.2. The molecule has 0 bridgehead atoms. The Kier molecular flexibility index (Phi) is 7.01. The number of carbonyl (C=O) groups is 1. The van der Waals surface area contributed by atoms with Crippen LogP contribution in [0.5, 0.6) is 5.75 Å². The van der Waals surface area contributed by atoms with Gasteiger partial charge in [-0.05, 0) is 35.9 Å². The summed E-state index contributed by atoms with van der Waals surface area (Å²) in [6, 6.07) is 11.1. The van der Waals surface area contributed by atoms with Gasteiger partial charge in [0.1, 0.15) is 18.2 Å². The monoisotopic (exact) mass is 371 g/mol. The Morgan fingerprint density at radius 1 is 1.22 bits per heavy atom. The second-order valence-electron chi connectivity index (χ2n) is 6.17. The summed E-state index contributed by atoms with van der Waals surface area (Å²) in [6.07, 6.45) is 1.77. The largest absolute Gasteiger partial charge is 0.491 e. The van der Waals surface area contributed by atoms with Crippen LogP contribution in [0.15, 0.2) is 42.6 Å². The van der Waals surface area contributed by atoms with Crippen LogP contribution in [0.25, 0.3) is 0 Å². The zero-order chi connectivity index (χ0) is 18.9. The summed E-state index contributed by atoms with van der Waals surface area (Å²) in [7, 11) is 1.62. The fourth-order valence-corrected chi connectivity index (χ4v) is 2.79.